The lowest BCUT2D eigenvalue weighted by atomic mass is 10.0. The van der Waals surface area contributed by atoms with Gasteiger partial charge in [0.1, 0.15) is 12.4 Å². The molecule has 5 heteroatoms. The van der Waals surface area contributed by atoms with Crippen LogP contribution in [0.15, 0.2) is 36.9 Å². The van der Waals surface area contributed by atoms with Crippen LogP contribution in [-0.4, -0.2) is 26.8 Å². The average molecular weight is 347 g/mol. The summed E-state index contributed by atoms with van der Waals surface area (Å²) in [6.07, 6.45) is 7.21. The van der Waals surface area contributed by atoms with Crippen molar-refractivity contribution in [2.75, 3.05) is 13.2 Å². The molecule has 0 spiro atoms. The fourth-order valence-electron chi connectivity index (χ4n) is 2.83. The lowest BCUT2D eigenvalue weighted by molar-refractivity contribution is 0.366. The van der Waals surface area contributed by atoms with Gasteiger partial charge in [-0.05, 0) is 30.9 Å². The van der Waals surface area contributed by atoms with Crippen molar-refractivity contribution < 1.29 is 13.2 Å². The van der Waals surface area contributed by atoms with Crippen LogP contribution in [0.25, 0.3) is 0 Å². The zero-order valence-corrected chi connectivity index (χ0v) is 14.8. The van der Waals surface area contributed by atoms with E-state index in [0.717, 1.165) is 49.8 Å². The summed E-state index contributed by atoms with van der Waals surface area (Å²) in [5.74, 6) is 6.46. The first-order valence-corrected chi connectivity index (χ1v) is 9.94. The highest BCUT2D eigenvalue weighted by molar-refractivity contribution is 7.90. The van der Waals surface area contributed by atoms with Crippen LogP contribution in [0.4, 0.5) is 0 Å². The van der Waals surface area contributed by atoms with Gasteiger partial charge in [0, 0.05) is 0 Å². The van der Waals surface area contributed by atoms with Gasteiger partial charge >= 0.3 is 0 Å². The second-order valence-electron chi connectivity index (χ2n) is 5.87. The summed E-state index contributed by atoms with van der Waals surface area (Å²) in [6.45, 7) is 4.10. The molecule has 0 radical (unpaired) electrons. The standard InChI is InChI=1S/C19H25NO3S/c1-2-10-17-11-6-7-14-19(17)23-16-9-8-15-20-24(21,22)18-12-4-3-5-13-18/h2,6-7,11,14,18,20H,1,3-5,10,12-13,15-16H2. The van der Waals surface area contributed by atoms with Gasteiger partial charge in [0.2, 0.25) is 10.0 Å². The molecule has 0 unspecified atom stereocenters. The Balaban J connectivity index is 1.77. The molecule has 0 atom stereocenters. The van der Waals surface area contributed by atoms with Crippen LogP contribution in [0.3, 0.4) is 0 Å². The van der Waals surface area contributed by atoms with E-state index < -0.39 is 10.0 Å². The van der Waals surface area contributed by atoms with E-state index in [-0.39, 0.29) is 18.4 Å². The van der Waals surface area contributed by atoms with Gasteiger partial charge in [-0.15, -0.1) is 6.58 Å². The number of hydrogen-bond donors (Lipinski definition) is 1. The van der Waals surface area contributed by atoms with E-state index in [1.807, 2.05) is 30.3 Å². The first-order valence-electron chi connectivity index (χ1n) is 8.39. The van der Waals surface area contributed by atoms with Gasteiger partial charge in [0.15, 0.2) is 0 Å². The minimum Gasteiger partial charge on any atom is -0.481 e. The van der Waals surface area contributed by atoms with E-state index in [0.29, 0.717) is 0 Å². The van der Waals surface area contributed by atoms with E-state index in [2.05, 4.69) is 23.1 Å². The monoisotopic (exact) mass is 347 g/mol. The van der Waals surface area contributed by atoms with Crippen molar-refractivity contribution >= 4 is 10.0 Å². The molecule has 130 valence electrons. The van der Waals surface area contributed by atoms with Gasteiger partial charge in [-0.25, -0.2) is 13.1 Å². The highest BCUT2D eigenvalue weighted by Gasteiger charge is 2.26. The molecule has 1 saturated carbocycles. The SMILES string of the molecule is C=CCc1ccccc1OCC#CCNS(=O)(=O)C1CCCCC1. The van der Waals surface area contributed by atoms with Gasteiger partial charge in [-0.1, -0.05) is 55.4 Å². The Morgan fingerprint density at radius 1 is 1.21 bits per heavy atom. The number of nitrogens with one attached hydrogen (secondary N) is 1. The second kappa shape index (κ2) is 9.51. The van der Waals surface area contributed by atoms with Crippen LogP contribution in [0.1, 0.15) is 37.7 Å². The molecular weight excluding hydrogens is 322 g/mol. The number of sulfonamides is 1. The summed E-state index contributed by atoms with van der Waals surface area (Å²) in [6, 6.07) is 7.75. The molecule has 1 fully saturated rings. The molecule has 1 aromatic rings. The topological polar surface area (TPSA) is 55.4 Å². The summed E-state index contributed by atoms with van der Waals surface area (Å²) in [5.41, 5.74) is 1.06. The lowest BCUT2D eigenvalue weighted by Gasteiger charge is -2.21. The second-order valence-corrected chi connectivity index (χ2v) is 7.91. The van der Waals surface area contributed by atoms with Crippen molar-refractivity contribution in [2.24, 2.45) is 0 Å². The maximum Gasteiger partial charge on any atom is 0.215 e. The number of rotatable bonds is 7. The molecule has 24 heavy (non-hydrogen) atoms. The van der Waals surface area contributed by atoms with Crippen LogP contribution in [-0.2, 0) is 16.4 Å². The van der Waals surface area contributed by atoms with Gasteiger partial charge < -0.3 is 4.74 Å². The Hall–Kier alpha value is -1.77. The molecule has 0 aromatic heterocycles. The van der Waals surface area contributed by atoms with E-state index in [1.165, 1.54) is 0 Å². The molecule has 0 saturated heterocycles. The quantitative estimate of drug-likeness (QED) is 0.609. The van der Waals surface area contributed by atoms with Crippen molar-refractivity contribution in [3.63, 3.8) is 0 Å². The van der Waals surface area contributed by atoms with Crippen LogP contribution in [0, 0.1) is 11.8 Å². The Morgan fingerprint density at radius 3 is 2.71 bits per heavy atom. The third-order valence-electron chi connectivity index (χ3n) is 4.11. The predicted molar refractivity (Wildman–Crippen MR) is 97.4 cm³/mol. The normalized spacial score (nSPS) is 15.3. The van der Waals surface area contributed by atoms with E-state index in [4.69, 9.17) is 4.74 Å². The van der Waals surface area contributed by atoms with Gasteiger partial charge in [0.25, 0.3) is 0 Å². The molecule has 1 aliphatic carbocycles. The van der Waals surface area contributed by atoms with Crippen molar-refractivity contribution in [3.8, 4) is 17.6 Å². The van der Waals surface area contributed by atoms with Crippen molar-refractivity contribution in [2.45, 2.75) is 43.8 Å². The number of allylic oxidation sites excluding steroid dienone is 1. The molecule has 1 aromatic carbocycles. The molecule has 0 heterocycles. The van der Waals surface area contributed by atoms with Crippen LogP contribution >= 0.6 is 0 Å². The summed E-state index contributed by atoms with van der Waals surface area (Å²) < 4.78 is 32.5. The van der Waals surface area contributed by atoms with Crippen LogP contribution < -0.4 is 9.46 Å². The Labute approximate surface area is 145 Å². The van der Waals surface area contributed by atoms with Crippen molar-refractivity contribution in [1.29, 1.82) is 0 Å². The molecular formula is C19H25NO3S. The number of para-hydroxylation sites is 1. The zero-order valence-electron chi connectivity index (χ0n) is 14.0. The number of ether oxygens (including phenoxy) is 1. The maximum atomic E-state index is 12.1. The first kappa shape index (κ1) is 18.6. The molecule has 2 rings (SSSR count). The Kier molecular flexibility index (Phi) is 7.36. The van der Waals surface area contributed by atoms with E-state index in [9.17, 15) is 8.42 Å². The third-order valence-corrected chi connectivity index (χ3v) is 6.01. The lowest BCUT2D eigenvalue weighted by Crippen LogP contribution is -2.35. The van der Waals surface area contributed by atoms with Gasteiger partial charge in [0.05, 0.1) is 11.8 Å². The molecule has 4 nitrogen and oxygen atoms in total. The number of hydrogen-bond acceptors (Lipinski definition) is 3. The average Bonchev–Trinajstić information content (AvgIpc) is 2.60. The minimum absolute atomic E-state index is 0.135. The highest BCUT2D eigenvalue weighted by Crippen LogP contribution is 2.22. The zero-order chi connectivity index (χ0) is 17.3. The third kappa shape index (κ3) is 5.70. The fourth-order valence-corrected chi connectivity index (χ4v) is 4.29. The summed E-state index contributed by atoms with van der Waals surface area (Å²) in [7, 11) is -3.24. The highest BCUT2D eigenvalue weighted by atomic mass is 32.2. The Morgan fingerprint density at radius 2 is 1.96 bits per heavy atom. The molecule has 1 N–H and O–H groups in total. The number of benzene rings is 1. The summed E-state index contributed by atoms with van der Waals surface area (Å²) >= 11 is 0. The van der Waals surface area contributed by atoms with Crippen LogP contribution in [0.5, 0.6) is 5.75 Å². The minimum atomic E-state index is -3.24. The van der Waals surface area contributed by atoms with Crippen LogP contribution in [0.2, 0.25) is 0 Å². The Bertz CT molecular complexity index is 695. The molecule has 0 aliphatic heterocycles. The largest absolute Gasteiger partial charge is 0.481 e. The molecule has 0 amide bonds. The van der Waals surface area contributed by atoms with E-state index in [1.54, 1.807) is 0 Å². The first-order chi connectivity index (χ1) is 11.6. The van der Waals surface area contributed by atoms with E-state index >= 15 is 0 Å². The smallest absolute Gasteiger partial charge is 0.215 e. The molecule has 1 aliphatic rings. The summed E-state index contributed by atoms with van der Waals surface area (Å²) in [5, 5.41) is -0.255. The predicted octanol–water partition coefficient (Wildman–Crippen LogP) is 3.05. The maximum absolute atomic E-state index is 12.1. The fraction of sp³-hybridized carbons (Fsp3) is 0.474. The molecule has 0 bridgehead atoms. The van der Waals surface area contributed by atoms with Crippen molar-refractivity contribution in [3.05, 3.63) is 42.5 Å². The summed E-state index contributed by atoms with van der Waals surface area (Å²) in [4.78, 5) is 0. The van der Waals surface area contributed by atoms with Gasteiger partial charge in [-0.2, -0.15) is 0 Å². The van der Waals surface area contributed by atoms with Gasteiger partial charge in [-0.3, -0.25) is 0 Å². The van der Waals surface area contributed by atoms with Crippen molar-refractivity contribution in [1.82, 2.24) is 4.72 Å².